The molecule has 0 saturated heterocycles. The van der Waals surface area contributed by atoms with Gasteiger partial charge >= 0.3 is 0 Å². The summed E-state index contributed by atoms with van der Waals surface area (Å²) in [7, 11) is 0. The first-order chi connectivity index (χ1) is 12.7. The van der Waals surface area contributed by atoms with E-state index >= 15 is 0 Å². The van der Waals surface area contributed by atoms with Crippen LogP contribution in [0.25, 0.3) is 0 Å². The number of Topliss-reactive ketones (excluding diaryl/α,β-unsaturated/α-hetero) is 1. The molecule has 0 aliphatic heterocycles. The number of rotatable bonds is 5. The topological polar surface area (TPSA) is 17.1 Å². The van der Waals surface area contributed by atoms with Gasteiger partial charge < -0.3 is 0 Å². The molecule has 0 atom stereocenters. The summed E-state index contributed by atoms with van der Waals surface area (Å²) < 4.78 is 0. The lowest BCUT2D eigenvalue weighted by Crippen LogP contribution is -2.03. The fraction of sp³-hybridized carbons (Fsp3) is 0.968. The molecule has 0 aromatic rings. The Labute approximate surface area is 213 Å². The van der Waals surface area contributed by atoms with Crippen LogP contribution in [0, 0.1) is 23.7 Å². The average molecular weight is 469 g/mol. The van der Waals surface area contributed by atoms with Crippen molar-refractivity contribution in [1.29, 1.82) is 0 Å². The Morgan fingerprint density at radius 2 is 0.656 bits per heavy atom. The number of hydrogen-bond donors (Lipinski definition) is 0. The SMILES string of the molecule is C.C.C.C.CC(C)C.CC(C)C.CCC(=O)C(C)C.CCC(C)C.CCCC.CCCC. The first-order valence-corrected chi connectivity index (χ1v) is 12.3. The Morgan fingerprint density at radius 1 is 0.500 bits per heavy atom. The molecule has 0 fully saturated rings. The van der Waals surface area contributed by atoms with E-state index in [9.17, 15) is 4.79 Å². The average Bonchev–Trinajstić information content (AvgIpc) is 2.60. The summed E-state index contributed by atoms with van der Waals surface area (Å²) in [6, 6.07) is 0. The molecule has 32 heavy (non-hydrogen) atoms. The lowest BCUT2D eigenvalue weighted by atomic mass is 10.1. The van der Waals surface area contributed by atoms with Crippen LogP contribution in [0.15, 0.2) is 0 Å². The van der Waals surface area contributed by atoms with Crippen LogP contribution < -0.4 is 0 Å². The van der Waals surface area contributed by atoms with Crippen LogP contribution in [0.2, 0.25) is 0 Å². The van der Waals surface area contributed by atoms with E-state index in [2.05, 4.69) is 90.0 Å². The molecule has 0 unspecified atom stereocenters. The van der Waals surface area contributed by atoms with Gasteiger partial charge in [-0.25, -0.2) is 0 Å². The van der Waals surface area contributed by atoms with Gasteiger partial charge in [0.1, 0.15) is 5.78 Å². The Morgan fingerprint density at radius 3 is 0.656 bits per heavy atom. The maximum Gasteiger partial charge on any atom is 0.135 e. The highest BCUT2D eigenvalue weighted by Crippen LogP contribution is 1.95. The third-order valence-corrected chi connectivity index (χ3v) is 2.81. The number of ketones is 1. The Hall–Kier alpha value is -0.330. The molecule has 0 aliphatic carbocycles. The van der Waals surface area contributed by atoms with Gasteiger partial charge in [-0.2, -0.15) is 0 Å². The third kappa shape index (κ3) is 261. The molecule has 0 spiro atoms. The van der Waals surface area contributed by atoms with Gasteiger partial charge in [0.15, 0.2) is 0 Å². The van der Waals surface area contributed by atoms with Gasteiger partial charge in [-0.3, -0.25) is 4.79 Å². The summed E-state index contributed by atoms with van der Waals surface area (Å²) in [6.45, 7) is 34.1. The largest absolute Gasteiger partial charge is 0.299 e. The maximum atomic E-state index is 10.5. The normalized spacial score (nSPS) is 7.75. The van der Waals surface area contributed by atoms with Crippen molar-refractivity contribution in [1.82, 2.24) is 0 Å². The van der Waals surface area contributed by atoms with E-state index < -0.39 is 0 Å². The zero-order chi connectivity index (χ0) is 24.1. The monoisotopic (exact) mass is 469 g/mol. The van der Waals surface area contributed by atoms with Gasteiger partial charge in [0.25, 0.3) is 0 Å². The van der Waals surface area contributed by atoms with Crippen LogP contribution in [0.5, 0.6) is 0 Å². The number of hydrogen-bond acceptors (Lipinski definition) is 1. The molecule has 1 heteroatoms. The van der Waals surface area contributed by atoms with Crippen LogP contribution in [0.3, 0.4) is 0 Å². The van der Waals surface area contributed by atoms with Crippen LogP contribution in [-0.2, 0) is 4.79 Å². The third-order valence-electron chi connectivity index (χ3n) is 2.81. The van der Waals surface area contributed by atoms with Gasteiger partial charge in [-0.05, 0) is 17.8 Å². The zero-order valence-corrected chi connectivity index (χ0v) is 23.5. The predicted molar refractivity (Wildman–Crippen MR) is 164 cm³/mol. The zero-order valence-electron chi connectivity index (χ0n) is 23.5. The molecule has 0 heterocycles. The van der Waals surface area contributed by atoms with Crippen molar-refractivity contribution in [3.63, 3.8) is 0 Å². The van der Waals surface area contributed by atoms with E-state index in [0.29, 0.717) is 12.2 Å². The fourth-order valence-corrected chi connectivity index (χ4v) is 0.408. The van der Waals surface area contributed by atoms with Gasteiger partial charge in [0, 0.05) is 12.3 Å². The molecule has 0 aliphatic rings. The van der Waals surface area contributed by atoms with Crippen molar-refractivity contribution in [3.8, 4) is 0 Å². The van der Waals surface area contributed by atoms with Crippen molar-refractivity contribution in [2.24, 2.45) is 23.7 Å². The van der Waals surface area contributed by atoms with E-state index in [-0.39, 0.29) is 35.6 Å². The minimum Gasteiger partial charge on any atom is -0.299 e. The lowest BCUT2D eigenvalue weighted by molar-refractivity contribution is -0.121. The highest BCUT2D eigenvalue weighted by molar-refractivity contribution is 5.79. The maximum absolute atomic E-state index is 10.5. The smallest absolute Gasteiger partial charge is 0.135 e. The quantitative estimate of drug-likeness (QED) is 0.392. The van der Waals surface area contributed by atoms with Gasteiger partial charge in [-0.15, -0.1) is 0 Å². The molecule has 210 valence electrons. The van der Waals surface area contributed by atoms with Crippen LogP contribution in [0.1, 0.15) is 179 Å². The van der Waals surface area contributed by atoms with Gasteiger partial charge in [0.2, 0.25) is 0 Å². The van der Waals surface area contributed by atoms with Crippen molar-refractivity contribution < 1.29 is 4.79 Å². The Bertz CT molecular complexity index is 195. The molecule has 0 rings (SSSR count). The highest BCUT2D eigenvalue weighted by atomic mass is 16.1. The van der Waals surface area contributed by atoms with E-state index in [0.717, 1.165) is 17.8 Å². The summed E-state index contributed by atoms with van der Waals surface area (Å²) in [6.07, 6.45) is 7.26. The summed E-state index contributed by atoms with van der Waals surface area (Å²) >= 11 is 0. The van der Waals surface area contributed by atoms with E-state index in [1.807, 2.05) is 20.8 Å². The Kier molecular flexibility index (Phi) is 125. The van der Waals surface area contributed by atoms with E-state index in [1.165, 1.54) is 32.1 Å². The summed E-state index contributed by atoms with van der Waals surface area (Å²) in [5.74, 6) is 3.12. The fourth-order valence-electron chi connectivity index (χ4n) is 0.408. The molecular weight excluding hydrogens is 388 g/mol. The first kappa shape index (κ1) is 63.4. The predicted octanol–water partition coefficient (Wildman–Crippen LogP) is 13.2. The van der Waals surface area contributed by atoms with E-state index in [1.54, 1.807) is 0 Å². The second-order valence-electron chi connectivity index (χ2n) is 9.24. The second-order valence-corrected chi connectivity index (χ2v) is 9.24. The molecule has 0 N–H and O–H groups in total. The summed E-state index contributed by atoms with van der Waals surface area (Å²) in [5.41, 5.74) is 0. The molecule has 0 amide bonds. The standard InChI is InChI=1S/C6H12O.C5H12.4C4H10.4CH4/c1-4-6(7)5(2)3;1-4-5(2)3;2*1-4(2)3;2*1-3-4-2;;;;/h5H,4H2,1-3H3;5H,4H2,1-3H3;2*4H,1-3H3;2*3-4H2,1-2H3;4*1H4. The molecule has 0 bridgehead atoms. The van der Waals surface area contributed by atoms with Crippen molar-refractivity contribution in [3.05, 3.63) is 0 Å². The molecular formula is C31H80O. The lowest BCUT2D eigenvalue weighted by Gasteiger charge is -1.96. The van der Waals surface area contributed by atoms with Crippen LogP contribution >= 0.6 is 0 Å². The molecule has 0 aromatic carbocycles. The minimum absolute atomic E-state index is 0. The first-order valence-electron chi connectivity index (χ1n) is 12.3. The molecule has 0 radical (unpaired) electrons. The van der Waals surface area contributed by atoms with E-state index in [4.69, 9.17) is 0 Å². The Balaban J connectivity index is -0.0000000225. The van der Waals surface area contributed by atoms with Crippen molar-refractivity contribution in [2.45, 2.75) is 179 Å². The number of unbranched alkanes of at least 4 members (excludes halogenated alkanes) is 2. The summed E-state index contributed by atoms with van der Waals surface area (Å²) in [5, 5.41) is 0. The van der Waals surface area contributed by atoms with Crippen LogP contribution in [0.4, 0.5) is 0 Å². The minimum atomic E-state index is 0. The molecule has 0 aromatic heterocycles. The molecule has 0 saturated carbocycles. The van der Waals surface area contributed by atoms with Gasteiger partial charge in [-0.1, -0.05) is 173 Å². The second kappa shape index (κ2) is 63.2. The van der Waals surface area contributed by atoms with Crippen molar-refractivity contribution in [2.75, 3.05) is 0 Å². The van der Waals surface area contributed by atoms with Crippen molar-refractivity contribution >= 4 is 5.78 Å². The van der Waals surface area contributed by atoms with Crippen LogP contribution in [-0.4, -0.2) is 5.78 Å². The molecule has 1 nitrogen and oxygen atoms in total. The number of carbonyl (C=O) groups excluding carboxylic acids is 1. The van der Waals surface area contributed by atoms with Gasteiger partial charge in [0.05, 0.1) is 0 Å². The highest BCUT2D eigenvalue weighted by Gasteiger charge is 2.00. The number of carbonyl (C=O) groups is 1. The summed E-state index contributed by atoms with van der Waals surface area (Å²) in [4.78, 5) is 10.5.